The number of aromatic nitrogens is 1. The molecule has 2 aliphatic rings. The topological polar surface area (TPSA) is 54.0 Å². The number of anilines is 2. The second-order valence-electron chi connectivity index (χ2n) is 3.94. The molecule has 82 valence electrons. The van der Waals surface area contributed by atoms with Crippen LogP contribution in [0.2, 0.25) is 5.02 Å². The summed E-state index contributed by atoms with van der Waals surface area (Å²) in [5.41, 5.74) is 2.48. The van der Waals surface area contributed by atoms with Crippen LogP contribution in [0.15, 0.2) is 23.5 Å². The van der Waals surface area contributed by atoms with E-state index in [0.717, 1.165) is 30.5 Å². The normalized spacial score (nSPS) is 18.4. The maximum atomic E-state index is 11.9. The van der Waals surface area contributed by atoms with Gasteiger partial charge in [0.2, 0.25) is 0 Å². The van der Waals surface area contributed by atoms with Crippen LogP contribution in [-0.2, 0) is 4.79 Å². The first kappa shape index (κ1) is 9.66. The van der Waals surface area contributed by atoms with Gasteiger partial charge in [-0.25, -0.2) is 4.98 Å². The van der Waals surface area contributed by atoms with Gasteiger partial charge in [-0.15, -0.1) is 0 Å². The summed E-state index contributed by atoms with van der Waals surface area (Å²) >= 11 is 5.84. The molecule has 0 aromatic carbocycles. The van der Waals surface area contributed by atoms with Gasteiger partial charge in [0, 0.05) is 17.5 Å². The number of nitrogens with zero attached hydrogens (tertiary/aromatic N) is 1. The van der Waals surface area contributed by atoms with Crippen molar-refractivity contribution >= 4 is 29.0 Å². The van der Waals surface area contributed by atoms with Crippen LogP contribution >= 0.6 is 11.6 Å². The molecule has 0 fully saturated rings. The summed E-state index contributed by atoms with van der Waals surface area (Å²) in [6.45, 7) is 0. The number of carbonyl (C=O) groups is 1. The van der Waals surface area contributed by atoms with Gasteiger partial charge in [-0.3, -0.25) is 4.79 Å². The molecular formula is C11H10ClN3O. The standard InChI is InChI=1S/C11H10ClN3O/c12-6-4-9-10(13-5-6)14-8-3-1-2-7(8)11(16)15-9/h4-5H,1-3H2,(H,13,14)(H,15,16). The van der Waals surface area contributed by atoms with Gasteiger partial charge < -0.3 is 10.6 Å². The number of amides is 1. The number of allylic oxidation sites excluding steroid dienone is 1. The lowest BCUT2D eigenvalue weighted by molar-refractivity contribution is -0.112. The maximum absolute atomic E-state index is 11.9. The van der Waals surface area contributed by atoms with Crippen molar-refractivity contribution in [1.82, 2.24) is 4.98 Å². The number of nitrogens with one attached hydrogen (secondary N) is 2. The lowest BCUT2D eigenvalue weighted by atomic mass is 10.2. The zero-order valence-electron chi connectivity index (χ0n) is 8.51. The highest BCUT2D eigenvalue weighted by atomic mass is 35.5. The number of hydrogen-bond donors (Lipinski definition) is 2. The molecule has 1 aliphatic heterocycles. The predicted molar refractivity (Wildman–Crippen MR) is 62.4 cm³/mol. The molecule has 0 saturated heterocycles. The Morgan fingerprint density at radius 3 is 3.06 bits per heavy atom. The monoisotopic (exact) mass is 235 g/mol. The second-order valence-corrected chi connectivity index (χ2v) is 4.38. The van der Waals surface area contributed by atoms with E-state index in [0.29, 0.717) is 16.5 Å². The van der Waals surface area contributed by atoms with Crippen molar-refractivity contribution in [3.63, 3.8) is 0 Å². The molecule has 5 heteroatoms. The Bertz CT molecular complexity index is 510. The zero-order chi connectivity index (χ0) is 11.1. The summed E-state index contributed by atoms with van der Waals surface area (Å²) in [5.74, 6) is 0.632. The fraction of sp³-hybridized carbons (Fsp3) is 0.273. The van der Waals surface area contributed by atoms with Gasteiger partial charge in [-0.05, 0) is 25.3 Å². The maximum Gasteiger partial charge on any atom is 0.253 e. The summed E-state index contributed by atoms with van der Waals surface area (Å²) in [6.07, 6.45) is 4.33. The van der Waals surface area contributed by atoms with E-state index in [4.69, 9.17) is 11.6 Å². The molecule has 2 heterocycles. The summed E-state index contributed by atoms with van der Waals surface area (Å²) in [4.78, 5) is 16.1. The number of hydrogen-bond acceptors (Lipinski definition) is 3. The average molecular weight is 236 g/mol. The highest BCUT2D eigenvalue weighted by Crippen LogP contribution is 2.34. The van der Waals surface area contributed by atoms with Crippen LogP contribution in [0.3, 0.4) is 0 Å². The lowest BCUT2D eigenvalue weighted by Gasteiger charge is -2.08. The van der Waals surface area contributed by atoms with Gasteiger partial charge in [-0.1, -0.05) is 11.6 Å². The van der Waals surface area contributed by atoms with Crippen molar-refractivity contribution in [3.8, 4) is 0 Å². The van der Waals surface area contributed by atoms with Crippen LogP contribution in [0.25, 0.3) is 0 Å². The minimum absolute atomic E-state index is 0.0391. The van der Waals surface area contributed by atoms with E-state index >= 15 is 0 Å². The second kappa shape index (κ2) is 3.49. The van der Waals surface area contributed by atoms with E-state index in [1.807, 2.05) is 0 Å². The van der Waals surface area contributed by atoms with Crippen LogP contribution in [0.5, 0.6) is 0 Å². The summed E-state index contributed by atoms with van der Waals surface area (Å²) in [6, 6.07) is 1.71. The van der Waals surface area contributed by atoms with E-state index in [2.05, 4.69) is 15.6 Å². The van der Waals surface area contributed by atoms with E-state index in [9.17, 15) is 4.79 Å². The fourth-order valence-electron chi connectivity index (χ4n) is 2.11. The van der Waals surface area contributed by atoms with Gasteiger partial charge in [0.15, 0.2) is 5.82 Å². The van der Waals surface area contributed by atoms with Crippen LogP contribution in [0.4, 0.5) is 11.5 Å². The van der Waals surface area contributed by atoms with Crippen molar-refractivity contribution in [3.05, 3.63) is 28.6 Å². The quantitative estimate of drug-likeness (QED) is 0.727. The smallest absolute Gasteiger partial charge is 0.253 e. The molecule has 1 aromatic rings. The Hall–Kier alpha value is -1.55. The Morgan fingerprint density at radius 2 is 2.19 bits per heavy atom. The van der Waals surface area contributed by atoms with Crippen LogP contribution in [-0.4, -0.2) is 10.9 Å². The van der Waals surface area contributed by atoms with Crippen molar-refractivity contribution in [2.45, 2.75) is 19.3 Å². The van der Waals surface area contributed by atoms with Gasteiger partial charge >= 0.3 is 0 Å². The Labute approximate surface area is 97.7 Å². The van der Waals surface area contributed by atoms with Crippen LogP contribution in [0, 0.1) is 0 Å². The Kier molecular flexibility index (Phi) is 2.11. The number of fused-ring (bicyclic) bond motifs is 1. The first-order valence-electron chi connectivity index (χ1n) is 5.20. The largest absolute Gasteiger partial charge is 0.342 e. The fourth-order valence-corrected chi connectivity index (χ4v) is 2.26. The van der Waals surface area contributed by atoms with E-state index < -0.39 is 0 Å². The molecule has 0 radical (unpaired) electrons. The third kappa shape index (κ3) is 1.46. The first-order valence-corrected chi connectivity index (χ1v) is 5.58. The van der Waals surface area contributed by atoms with Gasteiger partial charge in [0.05, 0.1) is 10.7 Å². The number of halogens is 1. The molecule has 4 nitrogen and oxygen atoms in total. The van der Waals surface area contributed by atoms with Crippen LogP contribution < -0.4 is 10.6 Å². The minimum atomic E-state index is -0.0391. The average Bonchev–Trinajstić information content (AvgIpc) is 2.65. The molecular weight excluding hydrogens is 226 g/mol. The van der Waals surface area contributed by atoms with Crippen LogP contribution in [0.1, 0.15) is 19.3 Å². The highest BCUT2D eigenvalue weighted by molar-refractivity contribution is 6.31. The molecule has 1 aromatic heterocycles. The molecule has 2 N–H and O–H groups in total. The molecule has 0 unspecified atom stereocenters. The minimum Gasteiger partial charge on any atom is -0.342 e. The summed E-state index contributed by atoms with van der Waals surface area (Å²) in [5, 5.41) is 6.55. The number of carbonyl (C=O) groups excluding carboxylic acids is 1. The number of rotatable bonds is 0. The van der Waals surface area contributed by atoms with Crippen molar-refractivity contribution in [2.75, 3.05) is 10.6 Å². The highest BCUT2D eigenvalue weighted by Gasteiger charge is 2.25. The van der Waals surface area contributed by atoms with Crippen molar-refractivity contribution in [2.24, 2.45) is 0 Å². The molecule has 1 aliphatic carbocycles. The summed E-state index contributed by atoms with van der Waals surface area (Å²) < 4.78 is 0. The molecule has 0 saturated carbocycles. The molecule has 0 bridgehead atoms. The SMILES string of the molecule is O=C1Nc2cc(Cl)cnc2NC2=C1CCC2. The Balaban J connectivity index is 2.08. The van der Waals surface area contributed by atoms with E-state index in [-0.39, 0.29) is 5.91 Å². The molecule has 16 heavy (non-hydrogen) atoms. The molecule has 1 amide bonds. The van der Waals surface area contributed by atoms with E-state index in [1.54, 1.807) is 12.3 Å². The zero-order valence-corrected chi connectivity index (χ0v) is 9.27. The molecule has 3 rings (SSSR count). The third-order valence-corrected chi connectivity index (χ3v) is 3.07. The lowest BCUT2D eigenvalue weighted by Crippen LogP contribution is -2.12. The van der Waals surface area contributed by atoms with Crippen molar-refractivity contribution in [1.29, 1.82) is 0 Å². The predicted octanol–water partition coefficient (Wildman–Crippen LogP) is 2.54. The Morgan fingerprint density at radius 1 is 1.31 bits per heavy atom. The summed E-state index contributed by atoms with van der Waals surface area (Å²) in [7, 11) is 0. The molecule has 0 atom stereocenters. The third-order valence-electron chi connectivity index (χ3n) is 2.86. The van der Waals surface area contributed by atoms with Gasteiger partial charge in [0.25, 0.3) is 5.91 Å². The van der Waals surface area contributed by atoms with Crippen molar-refractivity contribution < 1.29 is 4.79 Å². The first-order chi connectivity index (χ1) is 7.74. The van der Waals surface area contributed by atoms with E-state index in [1.165, 1.54) is 0 Å². The number of pyridine rings is 1. The molecule has 0 spiro atoms. The van der Waals surface area contributed by atoms with Gasteiger partial charge in [-0.2, -0.15) is 0 Å². The van der Waals surface area contributed by atoms with Gasteiger partial charge in [0.1, 0.15) is 0 Å².